The maximum atomic E-state index is 14.1. The van der Waals surface area contributed by atoms with Crippen LogP contribution < -0.4 is 5.56 Å². The van der Waals surface area contributed by atoms with Crippen molar-refractivity contribution >= 4 is 39.3 Å². The number of aryl methyl sites for hydroxylation is 1. The molecule has 1 unspecified atom stereocenters. The normalized spacial score (nSPS) is 16.1. The van der Waals surface area contributed by atoms with Crippen LogP contribution in [0, 0.1) is 18.6 Å². The molecule has 1 aromatic carbocycles. The third kappa shape index (κ3) is 4.44. The number of nitrogens with zero attached hydrogens (tertiary/aromatic N) is 2. The largest absolute Gasteiger partial charge is 0.462 e. The zero-order valence-corrected chi connectivity index (χ0v) is 19.3. The molecule has 4 rings (SSSR count). The van der Waals surface area contributed by atoms with Crippen molar-refractivity contribution in [1.29, 1.82) is 0 Å². The van der Waals surface area contributed by atoms with Gasteiger partial charge in [-0.15, -0.1) is 11.3 Å². The van der Waals surface area contributed by atoms with Crippen molar-refractivity contribution < 1.29 is 23.0 Å². The topological polar surface area (TPSA) is 70.4 Å². The van der Waals surface area contributed by atoms with Crippen LogP contribution in [0.4, 0.5) is 8.78 Å². The predicted octanol–water partition coefficient (Wildman–Crippen LogP) is 4.69. The van der Waals surface area contributed by atoms with E-state index >= 15 is 0 Å². The first-order valence-corrected chi connectivity index (χ1v) is 12.1. The Kier molecular flexibility index (Phi) is 6.92. The van der Waals surface area contributed by atoms with Crippen molar-refractivity contribution in [3.05, 3.63) is 56.2 Å². The van der Waals surface area contributed by atoms with E-state index in [0.717, 1.165) is 35.9 Å². The SMILES string of the molecule is CCOC(=O)c1sc2nc(SCc3c(F)cccc3F)n(CC3CCCO3)c(=O)c2c1C. The van der Waals surface area contributed by atoms with Gasteiger partial charge in [-0.2, -0.15) is 0 Å². The van der Waals surface area contributed by atoms with E-state index < -0.39 is 17.6 Å². The van der Waals surface area contributed by atoms with E-state index in [-0.39, 0.29) is 36.1 Å². The summed E-state index contributed by atoms with van der Waals surface area (Å²) in [7, 11) is 0. The molecular formula is C22H22F2N2O4S2. The molecule has 32 heavy (non-hydrogen) atoms. The second-order valence-corrected chi connectivity index (χ2v) is 9.33. The standard InChI is InChI=1S/C22H22F2N2O4S2/c1-3-29-21(28)18-12(2)17-19(32-18)25-22(26(20(17)27)10-13-6-5-9-30-13)31-11-14-15(23)7-4-8-16(14)24/h4,7-8,13H,3,5-6,9-11H2,1-2H3. The van der Waals surface area contributed by atoms with Crippen molar-refractivity contribution in [2.24, 2.45) is 0 Å². The highest BCUT2D eigenvalue weighted by molar-refractivity contribution is 7.98. The molecule has 1 aliphatic heterocycles. The summed E-state index contributed by atoms with van der Waals surface area (Å²) in [6, 6.07) is 3.70. The van der Waals surface area contributed by atoms with Crippen LogP contribution in [0.1, 0.15) is 40.6 Å². The molecule has 6 nitrogen and oxygen atoms in total. The summed E-state index contributed by atoms with van der Waals surface area (Å²) < 4.78 is 40.5. The average Bonchev–Trinajstić information content (AvgIpc) is 3.38. The third-order valence-corrected chi connectivity index (χ3v) is 7.46. The number of benzene rings is 1. The molecule has 1 atom stereocenters. The van der Waals surface area contributed by atoms with Gasteiger partial charge in [-0.3, -0.25) is 9.36 Å². The lowest BCUT2D eigenvalue weighted by Crippen LogP contribution is -2.28. The van der Waals surface area contributed by atoms with Crippen LogP contribution >= 0.6 is 23.1 Å². The van der Waals surface area contributed by atoms with Crippen LogP contribution in [0.25, 0.3) is 10.2 Å². The number of hydrogen-bond acceptors (Lipinski definition) is 7. The molecule has 0 amide bonds. The first kappa shape index (κ1) is 22.9. The van der Waals surface area contributed by atoms with Crippen LogP contribution in [0.2, 0.25) is 0 Å². The van der Waals surface area contributed by atoms with Gasteiger partial charge in [0, 0.05) is 17.9 Å². The molecule has 1 saturated heterocycles. The Morgan fingerprint density at radius 2 is 2.12 bits per heavy atom. The number of fused-ring (bicyclic) bond motifs is 1. The molecule has 2 aromatic heterocycles. The number of aromatic nitrogens is 2. The summed E-state index contributed by atoms with van der Waals surface area (Å²) in [5, 5.41) is 0.690. The maximum absolute atomic E-state index is 14.1. The number of ether oxygens (including phenoxy) is 2. The van der Waals surface area contributed by atoms with Crippen LogP contribution in [0.3, 0.4) is 0 Å². The van der Waals surface area contributed by atoms with Crippen LogP contribution in [0.15, 0.2) is 28.2 Å². The lowest BCUT2D eigenvalue weighted by molar-refractivity contribution is 0.0531. The number of carbonyl (C=O) groups excluding carboxylic acids is 1. The van der Waals surface area contributed by atoms with Crippen LogP contribution in [0.5, 0.6) is 0 Å². The van der Waals surface area contributed by atoms with E-state index in [1.165, 1.54) is 22.8 Å². The van der Waals surface area contributed by atoms with Crippen molar-refractivity contribution in [3.8, 4) is 0 Å². The summed E-state index contributed by atoms with van der Waals surface area (Å²) in [6.45, 7) is 4.55. The molecule has 1 aliphatic rings. The van der Waals surface area contributed by atoms with Crippen LogP contribution in [-0.4, -0.2) is 34.8 Å². The molecule has 170 valence electrons. The quantitative estimate of drug-likeness (QED) is 0.278. The minimum Gasteiger partial charge on any atom is -0.462 e. The van der Waals surface area contributed by atoms with Crippen molar-refractivity contribution in [3.63, 3.8) is 0 Å². The van der Waals surface area contributed by atoms with Gasteiger partial charge in [0.25, 0.3) is 5.56 Å². The zero-order chi connectivity index (χ0) is 22.8. The number of halogens is 2. The molecule has 3 heterocycles. The fourth-order valence-corrected chi connectivity index (χ4v) is 5.80. The molecule has 3 aromatic rings. The number of hydrogen-bond donors (Lipinski definition) is 0. The summed E-state index contributed by atoms with van der Waals surface area (Å²) in [4.78, 5) is 31.1. The van der Waals surface area contributed by atoms with Gasteiger partial charge in [0.15, 0.2) is 5.16 Å². The lowest BCUT2D eigenvalue weighted by Gasteiger charge is -2.16. The first-order chi connectivity index (χ1) is 15.4. The van der Waals surface area contributed by atoms with Crippen LogP contribution in [-0.2, 0) is 21.8 Å². The molecule has 0 bridgehead atoms. The Morgan fingerprint density at radius 1 is 1.38 bits per heavy atom. The van der Waals surface area contributed by atoms with Gasteiger partial charge >= 0.3 is 5.97 Å². The Morgan fingerprint density at radius 3 is 2.78 bits per heavy atom. The molecule has 1 fully saturated rings. The van der Waals surface area contributed by atoms with Gasteiger partial charge in [0.05, 0.1) is 24.6 Å². The average molecular weight is 481 g/mol. The fraction of sp³-hybridized carbons (Fsp3) is 0.409. The molecule has 0 N–H and O–H groups in total. The second-order valence-electron chi connectivity index (χ2n) is 7.39. The number of rotatable bonds is 7. The molecule has 10 heteroatoms. The van der Waals surface area contributed by atoms with Crippen molar-refractivity contribution in [2.45, 2.75) is 50.2 Å². The monoisotopic (exact) mass is 480 g/mol. The van der Waals surface area contributed by atoms with E-state index in [0.29, 0.717) is 32.4 Å². The molecule has 0 aliphatic carbocycles. The highest BCUT2D eigenvalue weighted by Gasteiger charge is 2.25. The molecular weight excluding hydrogens is 458 g/mol. The Hall–Kier alpha value is -2.30. The number of carbonyl (C=O) groups is 1. The van der Waals surface area contributed by atoms with Gasteiger partial charge in [0.2, 0.25) is 0 Å². The van der Waals surface area contributed by atoms with Gasteiger partial charge in [-0.05, 0) is 44.4 Å². The highest BCUT2D eigenvalue weighted by Crippen LogP contribution is 2.32. The number of thiophene rings is 1. The Labute approximate surface area is 191 Å². The first-order valence-electron chi connectivity index (χ1n) is 10.3. The third-order valence-electron chi connectivity index (χ3n) is 5.29. The van der Waals surface area contributed by atoms with Gasteiger partial charge in [-0.25, -0.2) is 18.6 Å². The minimum absolute atomic E-state index is 0.0307. The minimum atomic E-state index is -0.650. The van der Waals surface area contributed by atoms with Crippen molar-refractivity contribution in [2.75, 3.05) is 13.2 Å². The Bertz CT molecular complexity index is 1200. The zero-order valence-electron chi connectivity index (χ0n) is 17.7. The fourth-order valence-electron chi connectivity index (χ4n) is 3.66. The summed E-state index contributed by atoms with van der Waals surface area (Å²) in [5.41, 5.74) is 0.148. The van der Waals surface area contributed by atoms with E-state index in [1.54, 1.807) is 13.8 Å². The smallest absolute Gasteiger partial charge is 0.348 e. The van der Waals surface area contributed by atoms with E-state index in [9.17, 15) is 18.4 Å². The maximum Gasteiger partial charge on any atom is 0.348 e. The van der Waals surface area contributed by atoms with Gasteiger partial charge < -0.3 is 9.47 Å². The summed E-state index contributed by atoms with van der Waals surface area (Å²) in [6.07, 6.45) is 1.58. The predicted molar refractivity (Wildman–Crippen MR) is 119 cm³/mol. The van der Waals surface area contributed by atoms with E-state index in [1.807, 2.05) is 0 Å². The number of thioether (sulfide) groups is 1. The summed E-state index contributed by atoms with van der Waals surface area (Å²) in [5.74, 6) is -1.83. The lowest BCUT2D eigenvalue weighted by atomic mass is 10.2. The van der Waals surface area contributed by atoms with E-state index in [2.05, 4.69) is 4.98 Å². The molecule has 0 spiro atoms. The second kappa shape index (κ2) is 9.68. The number of esters is 1. The van der Waals surface area contributed by atoms with Gasteiger partial charge in [0.1, 0.15) is 21.3 Å². The highest BCUT2D eigenvalue weighted by atomic mass is 32.2. The van der Waals surface area contributed by atoms with Gasteiger partial charge in [-0.1, -0.05) is 17.8 Å². The Balaban J connectivity index is 1.78. The summed E-state index contributed by atoms with van der Waals surface area (Å²) >= 11 is 2.17. The van der Waals surface area contributed by atoms with E-state index in [4.69, 9.17) is 9.47 Å². The molecule has 0 radical (unpaired) electrons. The van der Waals surface area contributed by atoms with Crippen molar-refractivity contribution in [1.82, 2.24) is 9.55 Å². The molecule has 0 saturated carbocycles.